The molecule has 142 valence electrons. The maximum absolute atomic E-state index is 11.4. The molecular weight excluding hydrogens is 403 g/mol. The Morgan fingerprint density at radius 2 is 2.14 bits per heavy atom. The first-order valence-corrected chi connectivity index (χ1v) is 9.46. The molecule has 8 nitrogen and oxygen atoms in total. The second-order valence-electron chi connectivity index (χ2n) is 6.54. The van der Waals surface area contributed by atoms with E-state index >= 15 is 0 Å². The van der Waals surface area contributed by atoms with Crippen LogP contribution in [0.5, 0.6) is 0 Å². The third-order valence-corrected chi connectivity index (χ3v) is 5.70. The van der Waals surface area contributed by atoms with Gasteiger partial charge in [-0.15, -0.1) is 0 Å². The summed E-state index contributed by atoms with van der Waals surface area (Å²) in [6.07, 6.45) is 7.01. The van der Waals surface area contributed by atoms with Gasteiger partial charge >= 0.3 is 5.69 Å². The highest BCUT2D eigenvalue weighted by Gasteiger charge is 2.32. The third-order valence-electron chi connectivity index (χ3n) is 4.91. The van der Waals surface area contributed by atoms with Crippen molar-refractivity contribution in [1.82, 2.24) is 24.7 Å². The van der Waals surface area contributed by atoms with Crippen molar-refractivity contribution in [3.8, 4) is 5.69 Å². The van der Waals surface area contributed by atoms with Crippen LogP contribution < -0.4 is 10.6 Å². The van der Waals surface area contributed by atoms with Gasteiger partial charge in [0.2, 0.25) is 5.89 Å². The number of aromatic nitrogens is 5. The van der Waals surface area contributed by atoms with Crippen molar-refractivity contribution in [2.75, 3.05) is 11.4 Å². The Morgan fingerprint density at radius 1 is 1.25 bits per heavy atom. The maximum Gasteiger partial charge on any atom is 0.377 e. The summed E-state index contributed by atoms with van der Waals surface area (Å²) in [5.74, 6) is 1.05. The lowest BCUT2D eigenvalue weighted by Gasteiger charge is -2.24. The number of nitrogens with one attached hydrogen (secondary N) is 1. The number of fused-ring (bicyclic) bond motifs is 1. The van der Waals surface area contributed by atoms with Crippen LogP contribution in [0, 0.1) is 0 Å². The van der Waals surface area contributed by atoms with Gasteiger partial charge in [-0.1, -0.05) is 23.2 Å². The van der Waals surface area contributed by atoms with Crippen LogP contribution in [0.25, 0.3) is 16.6 Å². The zero-order valence-electron chi connectivity index (χ0n) is 14.5. The molecule has 1 aromatic carbocycles. The van der Waals surface area contributed by atoms with E-state index in [0.29, 0.717) is 27.3 Å². The zero-order valence-corrected chi connectivity index (χ0v) is 16.0. The number of imidazole rings is 1. The van der Waals surface area contributed by atoms with Crippen molar-refractivity contribution in [1.29, 1.82) is 0 Å². The fraction of sp³-hybridized carbons (Fsp3) is 0.222. The van der Waals surface area contributed by atoms with Gasteiger partial charge in [0.25, 0.3) is 0 Å². The average molecular weight is 417 g/mol. The van der Waals surface area contributed by atoms with Gasteiger partial charge in [-0.25, -0.2) is 14.8 Å². The number of rotatable bonds is 3. The second kappa shape index (κ2) is 6.65. The minimum absolute atomic E-state index is 0.183. The van der Waals surface area contributed by atoms with E-state index in [1.54, 1.807) is 18.6 Å². The normalized spacial score (nSPS) is 16.9. The summed E-state index contributed by atoms with van der Waals surface area (Å²) in [6.45, 7) is 0.751. The molecule has 5 rings (SSSR count). The van der Waals surface area contributed by atoms with Crippen molar-refractivity contribution in [3.05, 3.63) is 63.3 Å². The molecule has 0 radical (unpaired) electrons. The standard InChI is InChI=1S/C18H14Cl2N6O2/c19-11-4-3-10-13(25-7-5-21-9-25)8-14(22-16(10)15(11)20)26-6-1-2-12(26)17-23-18(27)24-28-17/h3-5,7-9,12H,1-2,6H2,(H,24,27). The van der Waals surface area contributed by atoms with Crippen LogP contribution >= 0.6 is 23.2 Å². The van der Waals surface area contributed by atoms with Crippen molar-refractivity contribution >= 4 is 39.9 Å². The van der Waals surface area contributed by atoms with Gasteiger partial charge in [-0.05, 0) is 25.0 Å². The molecule has 1 aliphatic heterocycles. The zero-order chi connectivity index (χ0) is 19.3. The Labute approximate surface area is 168 Å². The van der Waals surface area contributed by atoms with Crippen molar-refractivity contribution in [3.63, 3.8) is 0 Å². The first-order chi connectivity index (χ1) is 13.6. The molecule has 0 amide bonds. The van der Waals surface area contributed by atoms with Crippen LogP contribution in [0.2, 0.25) is 10.0 Å². The number of anilines is 1. The SMILES string of the molecule is O=c1nc(C2CCCN2c2cc(-n3ccnc3)c3ccc(Cl)c(Cl)c3n2)o[nH]1. The van der Waals surface area contributed by atoms with Crippen LogP contribution in [0.3, 0.4) is 0 Å². The molecule has 10 heteroatoms. The fourth-order valence-corrected chi connectivity index (χ4v) is 4.01. The molecule has 1 N–H and O–H groups in total. The number of aromatic amines is 1. The molecule has 1 saturated heterocycles. The summed E-state index contributed by atoms with van der Waals surface area (Å²) in [7, 11) is 0. The summed E-state index contributed by atoms with van der Waals surface area (Å²) in [6, 6.07) is 5.43. The summed E-state index contributed by atoms with van der Waals surface area (Å²) in [5, 5.41) is 3.95. The molecule has 0 bridgehead atoms. The molecule has 1 unspecified atom stereocenters. The summed E-state index contributed by atoms with van der Waals surface area (Å²) in [4.78, 5) is 26.3. The lowest BCUT2D eigenvalue weighted by Crippen LogP contribution is -2.24. The van der Waals surface area contributed by atoms with Crippen LogP contribution in [0.1, 0.15) is 24.8 Å². The molecule has 1 aliphatic rings. The number of nitrogens with zero attached hydrogens (tertiary/aromatic N) is 5. The lowest BCUT2D eigenvalue weighted by molar-refractivity contribution is 0.351. The lowest BCUT2D eigenvalue weighted by atomic mass is 10.1. The molecular formula is C18H14Cl2N6O2. The van der Waals surface area contributed by atoms with Crippen LogP contribution in [0.4, 0.5) is 5.82 Å². The van der Waals surface area contributed by atoms with Gasteiger partial charge in [-0.2, -0.15) is 10.1 Å². The monoisotopic (exact) mass is 416 g/mol. The number of benzene rings is 1. The van der Waals surface area contributed by atoms with Crippen LogP contribution in [-0.2, 0) is 0 Å². The highest BCUT2D eigenvalue weighted by atomic mass is 35.5. The Morgan fingerprint density at radius 3 is 2.89 bits per heavy atom. The first kappa shape index (κ1) is 17.3. The summed E-state index contributed by atoms with van der Waals surface area (Å²) >= 11 is 12.7. The molecule has 28 heavy (non-hydrogen) atoms. The fourth-order valence-electron chi connectivity index (χ4n) is 3.65. The van der Waals surface area contributed by atoms with Gasteiger partial charge in [0.1, 0.15) is 11.9 Å². The van der Waals surface area contributed by atoms with Crippen LogP contribution in [0.15, 0.2) is 46.2 Å². The minimum Gasteiger partial charge on any atom is -0.360 e. The summed E-state index contributed by atoms with van der Waals surface area (Å²) in [5.41, 5.74) is 0.983. The van der Waals surface area contributed by atoms with E-state index in [4.69, 9.17) is 32.7 Å². The van der Waals surface area contributed by atoms with Gasteiger partial charge < -0.3 is 14.0 Å². The van der Waals surface area contributed by atoms with E-state index < -0.39 is 5.69 Å². The molecule has 0 aliphatic carbocycles. The van der Waals surface area contributed by atoms with E-state index in [-0.39, 0.29) is 6.04 Å². The van der Waals surface area contributed by atoms with E-state index in [2.05, 4.69) is 20.0 Å². The number of hydrogen-bond donors (Lipinski definition) is 1. The van der Waals surface area contributed by atoms with Gasteiger partial charge in [0.15, 0.2) is 0 Å². The molecule has 0 saturated carbocycles. The summed E-state index contributed by atoms with van der Waals surface area (Å²) < 4.78 is 7.15. The second-order valence-corrected chi connectivity index (χ2v) is 7.32. The van der Waals surface area contributed by atoms with E-state index in [1.807, 2.05) is 22.9 Å². The van der Waals surface area contributed by atoms with Crippen molar-refractivity contribution in [2.24, 2.45) is 0 Å². The Balaban J connectivity index is 1.71. The van der Waals surface area contributed by atoms with E-state index in [0.717, 1.165) is 30.5 Å². The number of pyridine rings is 1. The van der Waals surface area contributed by atoms with Crippen molar-refractivity contribution < 1.29 is 4.52 Å². The predicted molar refractivity (Wildman–Crippen MR) is 105 cm³/mol. The highest BCUT2D eigenvalue weighted by Crippen LogP contribution is 2.39. The predicted octanol–water partition coefficient (Wildman–Crippen LogP) is 3.75. The molecule has 1 fully saturated rings. The third kappa shape index (κ3) is 2.76. The van der Waals surface area contributed by atoms with Crippen molar-refractivity contribution in [2.45, 2.75) is 18.9 Å². The first-order valence-electron chi connectivity index (χ1n) is 8.71. The Hall–Kier alpha value is -2.84. The highest BCUT2D eigenvalue weighted by molar-refractivity contribution is 6.45. The number of H-pyrrole nitrogens is 1. The van der Waals surface area contributed by atoms with Gasteiger partial charge in [0, 0.05) is 30.4 Å². The van der Waals surface area contributed by atoms with E-state index in [9.17, 15) is 4.79 Å². The molecule has 3 aromatic heterocycles. The average Bonchev–Trinajstić information content (AvgIpc) is 3.44. The smallest absolute Gasteiger partial charge is 0.360 e. The molecule has 4 heterocycles. The molecule has 1 atom stereocenters. The quantitative estimate of drug-likeness (QED) is 0.546. The van der Waals surface area contributed by atoms with Gasteiger partial charge in [-0.3, -0.25) is 0 Å². The van der Waals surface area contributed by atoms with Gasteiger partial charge in [0.05, 0.1) is 27.6 Å². The maximum atomic E-state index is 11.4. The Kier molecular flexibility index (Phi) is 4.10. The topological polar surface area (TPSA) is 92.8 Å². The van der Waals surface area contributed by atoms with Crippen LogP contribution in [-0.4, -0.2) is 31.2 Å². The Bertz CT molecular complexity index is 1220. The van der Waals surface area contributed by atoms with E-state index in [1.165, 1.54) is 0 Å². The molecule has 4 aromatic rings. The number of halogens is 2. The largest absolute Gasteiger partial charge is 0.377 e. The minimum atomic E-state index is -0.498. The number of hydrogen-bond acceptors (Lipinski definition) is 6. The molecule has 0 spiro atoms.